The number of hydrogen-bond donors (Lipinski definition) is 0. The number of thiazole rings is 1. The second-order valence-corrected chi connectivity index (χ2v) is 9.14. The summed E-state index contributed by atoms with van der Waals surface area (Å²) in [7, 11) is 1.63. The van der Waals surface area contributed by atoms with Gasteiger partial charge in [0.05, 0.1) is 23.5 Å². The number of nitrogens with zero attached hydrogens (tertiary/aromatic N) is 3. The molecule has 0 N–H and O–H groups in total. The molecule has 0 aliphatic heterocycles. The van der Waals surface area contributed by atoms with Crippen LogP contribution in [0.2, 0.25) is 0 Å². The number of hydrogen-bond acceptors (Lipinski definition) is 6. The third-order valence-corrected chi connectivity index (χ3v) is 6.84. The van der Waals surface area contributed by atoms with Crippen molar-refractivity contribution in [3.63, 3.8) is 0 Å². The van der Waals surface area contributed by atoms with Gasteiger partial charge in [-0.05, 0) is 52.9 Å². The van der Waals surface area contributed by atoms with Crippen molar-refractivity contribution in [1.29, 1.82) is 0 Å². The predicted molar refractivity (Wildman–Crippen MR) is 137 cm³/mol. The summed E-state index contributed by atoms with van der Waals surface area (Å²) in [5.41, 5.74) is 3.48. The molecule has 2 heterocycles. The number of hydrazone groups is 1. The average Bonchev–Trinajstić information content (AvgIpc) is 3.54. The quantitative estimate of drug-likeness (QED) is 0.205. The van der Waals surface area contributed by atoms with Crippen molar-refractivity contribution < 1.29 is 9.53 Å². The first kappa shape index (κ1) is 21.1. The largest absolute Gasteiger partial charge is 0.497 e. The fourth-order valence-electron chi connectivity index (χ4n) is 3.34. The minimum atomic E-state index is -0.242. The topological polar surface area (TPSA) is 54.8 Å². The molecule has 5 rings (SSSR count). The molecule has 2 aromatic heterocycles. The zero-order valence-electron chi connectivity index (χ0n) is 17.7. The minimum absolute atomic E-state index is 0.242. The number of carbonyl (C=O) groups is 1. The summed E-state index contributed by atoms with van der Waals surface area (Å²) in [6.45, 7) is 0. The van der Waals surface area contributed by atoms with E-state index >= 15 is 0 Å². The Labute approximate surface area is 199 Å². The second-order valence-electron chi connectivity index (χ2n) is 7.15. The number of rotatable bonds is 6. The summed E-state index contributed by atoms with van der Waals surface area (Å²) in [6, 6.07) is 27.2. The van der Waals surface area contributed by atoms with E-state index in [1.165, 1.54) is 16.3 Å². The Morgan fingerprint density at radius 1 is 0.970 bits per heavy atom. The van der Waals surface area contributed by atoms with Gasteiger partial charge < -0.3 is 4.74 Å². The van der Waals surface area contributed by atoms with E-state index in [0.717, 1.165) is 32.0 Å². The number of aromatic nitrogens is 1. The maximum absolute atomic E-state index is 13.5. The van der Waals surface area contributed by atoms with E-state index in [1.807, 2.05) is 90.3 Å². The Hall–Kier alpha value is -3.81. The average molecular weight is 470 g/mol. The monoisotopic (exact) mass is 469 g/mol. The molecule has 0 unspecified atom stereocenters. The van der Waals surface area contributed by atoms with Gasteiger partial charge >= 0.3 is 0 Å². The van der Waals surface area contributed by atoms with Crippen LogP contribution in [-0.2, 0) is 0 Å². The van der Waals surface area contributed by atoms with E-state index in [-0.39, 0.29) is 5.91 Å². The number of thiophene rings is 1. The molecule has 0 atom stereocenters. The van der Waals surface area contributed by atoms with Crippen molar-refractivity contribution in [2.24, 2.45) is 5.10 Å². The van der Waals surface area contributed by atoms with Crippen LogP contribution in [0, 0.1) is 0 Å². The van der Waals surface area contributed by atoms with Crippen molar-refractivity contribution in [1.82, 2.24) is 4.98 Å². The smallest absolute Gasteiger partial charge is 0.280 e. The Balaban J connectivity index is 1.50. The lowest BCUT2D eigenvalue weighted by molar-refractivity contribution is 0.0988. The molecule has 1 amide bonds. The van der Waals surface area contributed by atoms with Gasteiger partial charge in [-0.15, -0.1) is 11.3 Å². The van der Waals surface area contributed by atoms with Gasteiger partial charge in [0.2, 0.25) is 5.13 Å². The van der Waals surface area contributed by atoms with E-state index in [9.17, 15) is 4.79 Å². The summed E-state index contributed by atoms with van der Waals surface area (Å²) in [5, 5.41) is 8.36. The lowest BCUT2D eigenvalue weighted by Gasteiger charge is -2.14. The number of carbonyl (C=O) groups excluding carboxylic acids is 1. The van der Waals surface area contributed by atoms with Gasteiger partial charge in [-0.1, -0.05) is 59.9 Å². The molecule has 5 aromatic rings. The molecule has 0 bridgehead atoms. The highest BCUT2D eigenvalue weighted by molar-refractivity contribution is 7.22. The molecule has 0 saturated heterocycles. The molecule has 33 heavy (non-hydrogen) atoms. The molecule has 7 heteroatoms. The number of benzene rings is 3. The molecule has 0 saturated carbocycles. The molecule has 3 aromatic carbocycles. The normalized spacial score (nSPS) is 11.2. The van der Waals surface area contributed by atoms with Crippen molar-refractivity contribution >= 4 is 50.1 Å². The SMILES string of the molecule is COc1ccc2nc(N(/N=C/c3cccs3)C(=O)c3ccc(-c4ccccc4)cc3)sc2c1. The lowest BCUT2D eigenvalue weighted by Crippen LogP contribution is -2.25. The van der Waals surface area contributed by atoms with Gasteiger partial charge in [0.15, 0.2) is 0 Å². The first-order chi connectivity index (χ1) is 16.2. The number of fused-ring (bicyclic) bond motifs is 1. The maximum atomic E-state index is 13.5. The summed E-state index contributed by atoms with van der Waals surface area (Å²) >= 11 is 2.96. The Bertz CT molecular complexity index is 1410. The van der Waals surface area contributed by atoms with Gasteiger partial charge in [0.25, 0.3) is 5.91 Å². The fourth-order valence-corrected chi connectivity index (χ4v) is 4.87. The summed E-state index contributed by atoms with van der Waals surface area (Å²) in [5.74, 6) is 0.502. The first-order valence-electron chi connectivity index (χ1n) is 10.2. The minimum Gasteiger partial charge on any atom is -0.497 e. The van der Waals surface area contributed by atoms with Gasteiger partial charge in [0.1, 0.15) is 5.75 Å². The van der Waals surface area contributed by atoms with E-state index in [4.69, 9.17) is 4.74 Å². The highest BCUT2D eigenvalue weighted by Crippen LogP contribution is 2.32. The van der Waals surface area contributed by atoms with E-state index in [0.29, 0.717) is 10.7 Å². The maximum Gasteiger partial charge on any atom is 0.280 e. The molecular formula is C26H19N3O2S2. The number of ether oxygens (including phenoxy) is 1. The van der Waals surface area contributed by atoms with Crippen LogP contribution in [0.15, 0.2) is 95.4 Å². The summed E-state index contributed by atoms with van der Waals surface area (Å²) in [6.07, 6.45) is 1.69. The van der Waals surface area contributed by atoms with Crippen LogP contribution in [0.3, 0.4) is 0 Å². The Morgan fingerprint density at radius 3 is 2.48 bits per heavy atom. The highest BCUT2D eigenvalue weighted by atomic mass is 32.1. The van der Waals surface area contributed by atoms with Crippen LogP contribution < -0.4 is 9.75 Å². The highest BCUT2D eigenvalue weighted by Gasteiger charge is 2.21. The molecular weight excluding hydrogens is 450 g/mol. The van der Waals surface area contributed by atoms with Crippen molar-refractivity contribution in [2.45, 2.75) is 0 Å². The number of anilines is 1. The molecule has 0 radical (unpaired) electrons. The third-order valence-electron chi connectivity index (χ3n) is 5.04. The van der Waals surface area contributed by atoms with Crippen molar-refractivity contribution in [3.05, 3.63) is 101 Å². The van der Waals surface area contributed by atoms with E-state index < -0.39 is 0 Å². The van der Waals surface area contributed by atoms with Gasteiger partial charge in [-0.3, -0.25) is 4.79 Å². The van der Waals surface area contributed by atoms with E-state index in [2.05, 4.69) is 10.1 Å². The Morgan fingerprint density at radius 2 is 1.76 bits per heavy atom. The number of methoxy groups -OCH3 is 1. The van der Waals surface area contributed by atoms with Gasteiger partial charge in [-0.2, -0.15) is 10.1 Å². The standard InChI is InChI=1S/C26H19N3O2S2/c1-31-21-13-14-23-24(16-21)33-26(28-23)29(27-17-22-8-5-15-32-22)25(30)20-11-9-19(10-12-20)18-6-3-2-4-7-18/h2-17H,1H3/b27-17+. The molecule has 5 nitrogen and oxygen atoms in total. The zero-order valence-corrected chi connectivity index (χ0v) is 19.3. The molecule has 0 fully saturated rings. The van der Waals surface area contributed by atoms with Crippen LogP contribution in [-0.4, -0.2) is 24.2 Å². The van der Waals surface area contributed by atoms with Gasteiger partial charge in [-0.25, -0.2) is 4.98 Å². The van der Waals surface area contributed by atoms with Crippen LogP contribution in [0.1, 0.15) is 15.2 Å². The van der Waals surface area contributed by atoms with E-state index in [1.54, 1.807) is 24.7 Å². The Kier molecular flexibility index (Phi) is 5.97. The van der Waals surface area contributed by atoms with Crippen molar-refractivity contribution in [2.75, 3.05) is 12.1 Å². The third kappa shape index (κ3) is 4.55. The lowest BCUT2D eigenvalue weighted by atomic mass is 10.0. The molecule has 0 aliphatic carbocycles. The summed E-state index contributed by atoms with van der Waals surface area (Å²) < 4.78 is 6.25. The van der Waals surface area contributed by atoms with Crippen LogP contribution in [0.25, 0.3) is 21.3 Å². The van der Waals surface area contributed by atoms with Crippen LogP contribution >= 0.6 is 22.7 Å². The molecule has 0 spiro atoms. The molecule has 162 valence electrons. The first-order valence-corrected chi connectivity index (χ1v) is 11.9. The van der Waals surface area contributed by atoms with Crippen molar-refractivity contribution in [3.8, 4) is 16.9 Å². The van der Waals surface area contributed by atoms with Gasteiger partial charge in [0, 0.05) is 10.4 Å². The van der Waals surface area contributed by atoms with Crippen LogP contribution in [0.4, 0.5) is 5.13 Å². The molecule has 0 aliphatic rings. The number of amides is 1. The van der Waals surface area contributed by atoms with Crippen LogP contribution in [0.5, 0.6) is 5.75 Å². The summed E-state index contributed by atoms with van der Waals surface area (Å²) in [4.78, 5) is 19.1. The fraction of sp³-hybridized carbons (Fsp3) is 0.0385. The predicted octanol–water partition coefficient (Wildman–Crippen LogP) is 6.71. The zero-order chi connectivity index (χ0) is 22.6. The second kappa shape index (κ2) is 9.36.